The van der Waals surface area contributed by atoms with E-state index in [0.717, 1.165) is 27.8 Å². The molecule has 0 saturated heterocycles. The third kappa shape index (κ3) is 5.39. The number of rotatable bonds is 7. The number of hydrogen-bond acceptors (Lipinski definition) is 2. The molecule has 4 heteroatoms. The van der Waals surface area contributed by atoms with Gasteiger partial charge in [0.1, 0.15) is 6.61 Å². The van der Waals surface area contributed by atoms with Gasteiger partial charge in [0.2, 0.25) is 0 Å². The van der Waals surface area contributed by atoms with Gasteiger partial charge in [0.25, 0.3) is 0 Å². The van der Waals surface area contributed by atoms with Crippen molar-refractivity contribution < 1.29 is 4.74 Å². The average Bonchev–Trinajstić information content (AvgIpc) is 3.65. The number of hydrogen-bond donors (Lipinski definition) is 0. The Morgan fingerprint density at radius 2 is 0.870 bits per heavy atom. The summed E-state index contributed by atoms with van der Waals surface area (Å²) in [6, 6.07) is 76.2. The van der Waals surface area contributed by atoms with Crippen LogP contribution in [0.1, 0.15) is 5.56 Å². The van der Waals surface area contributed by atoms with Gasteiger partial charge in [-0.25, -0.2) is 0 Å². The van der Waals surface area contributed by atoms with E-state index >= 15 is 0 Å². The van der Waals surface area contributed by atoms with Crippen LogP contribution in [0.5, 0.6) is 6.01 Å². The number of ether oxygens (including phenoxy) is 1. The minimum Gasteiger partial charge on any atom is -0.459 e. The van der Waals surface area contributed by atoms with Crippen molar-refractivity contribution in [3.63, 3.8) is 0 Å². The van der Waals surface area contributed by atoms with Gasteiger partial charge in [0, 0.05) is 5.56 Å². The fraction of sp³-hybridized carbons (Fsp3) is 0.0200. The zero-order chi connectivity index (χ0) is 35.9. The van der Waals surface area contributed by atoms with Crippen LogP contribution in [0, 0.1) is 0 Å². The molecular weight excluding hydrogens is 673 g/mol. The fourth-order valence-corrected chi connectivity index (χ4v) is 13.1. The molecule has 0 spiro atoms. The maximum Gasteiger partial charge on any atom is 0.302 e. The highest BCUT2D eigenvalue weighted by Gasteiger charge is 2.42. The monoisotopic (exact) mass is 708 g/mol. The van der Waals surface area contributed by atoms with Crippen LogP contribution in [-0.4, -0.2) is 17.6 Å². The first-order valence-corrected chi connectivity index (χ1v) is 20.5. The maximum atomic E-state index is 6.13. The van der Waals surface area contributed by atoms with Crippen LogP contribution >= 0.6 is 0 Å². The molecule has 1 aromatic heterocycles. The summed E-state index contributed by atoms with van der Waals surface area (Å²) in [5, 5.41) is 5.36. The molecule has 9 aromatic rings. The number of para-hydroxylation sites is 2. The first-order chi connectivity index (χ1) is 26.8. The molecule has 54 heavy (non-hydrogen) atoms. The zero-order valence-corrected chi connectivity index (χ0v) is 30.6. The molecule has 1 aliphatic heterocycles. The van der Waals surface area contributed by atoms with Crippen molar-refractivity contribution in [2.75, 3.05) is 0 Å². The standard InChI is InChI=1S/C50H36N2OSi/c1-4-15-36(16-5-1)38-19-12-24-44(31-38)54(43-22-8-3-9-23-43,45-25-13-20-39(32-45)37-17-6-2-7-18-37)46-26-14-21-40(33-46)41-29-30-42-35-53-50-51-47-27-10-11-28-48(47)52(50)49(42)34-41/h1-34H,35H2. The average molecular weight is 709 g/mol. The van der Waals surface area contributed by atoms with Gasteiger partial charge in [0.15, 0.2) is 8.07 Å². The maximum absolute atomic E-state index is 6.13. The van der Waals surface area contributed by atoms with Crippen molar-refractivity contribution in [2.24, 2.45) is 0 Å². The van der Waals surface area contributed by atoms with Crippen molar-refractivity contribution in [2.45, 2.75) is 6.61 Å². The SMILES string of the molecule is c1ccc(-c2cccc([Si](c3ccccc3)(c3cccc(-c4ccccc4)c3)c3cccc(-c4ccc5c(c4)-n4c(nc6ccccc64)OC5)c3)c2)cc1. The van der Waals surface area contributed by atoms with E-state index in [0.29, 0.717) is 12.6 Å². The van der Waals surface area contributed by atoms with Crippen LogP contribution in [0.15, 0.2) is 206 Å². The molecule has 1 aliphatic rings. The van der Waals surface area contributed by atoms with Crippen LogP contribution in [0.2, 0.25) is 0 Å². The van der Waals surface area contributed by atoms with Crippen molar-refractivity contribution in [1.82, 2.24) is 9.55 Å². The Labute approximate surface area is 316 Å². The Kier molecular flexibility index (Phi) is 7.89. The first-order valence-electron chi connectivity index (χ1n) is 18.5. The predicted octanol–water partition coefficient (Wildman–Crippen LogP) is 9.30. The summed E-state index contributed by atoms with van der Waals surface area (Å²) in [7, 11) is -2.94. The van der Waals surface area contributed by atoms with E-state index in [1.807, 2.05) is 12.1 Å². The largest absolute Gasteiger partial charge is 0.459 e. The number of fused-ring (bicyclic) bond motifs is 5. The molecule has 0 unspecified atom stereocenters. The Morgan fingerprint density at radius 3 is 1.46 bits per heavy atom. The quantitative estimate of drug-likeness (QED) is 0.122. The van der Waals surface area contributed by atoms with Gasteiger partial charge in [-0.15, -0.1) is 0 Å². The Balaban J connectivity index is 1.22. The molecule has 8 aromatic carbocycles. The van der Waals surface area contributed by atoms with E-state index < -0.39 is 8.07 Å². The van der Waals surface area contributed by atoms with Crippen LogP contribution in [0.4, 0.5) is 0 Å². The molecule has 0 saturated carbocycles. The molecule has 0 radical (unpaired) electrons. The van der Waals surface area contributed by atoms with Crippen LogP contribution in [-0.2, 0) is 6.61 Å². The smallest absolute Gasteiger partial charge is 0.302 e. The Morgan fingerprint density at radius 1 is 0.407 bits per heavy atom. The van der Waals surface area contributed by atoms with Gasteiger partial charge >= 0.3 is 6.01 Å². The molecule has 0 amide bonds. The minimum absolute atomic E-state index is 0.499. The third-order valence-corrected chi connectivity index (χ3v) is 15.6. The Bertz CT molecular complexity index is 2690. The van der Waals surface area contributed by atoms with E-state index in [1.54, 1.807) is 0 Å². The Hall–Kier alpha value is -6.75. The lowest BCUT2D eigenvalue weighted by Crippen LogP contribution is -2.74. The molecule has 0 N–H and O–H groups in total. The zero-order valence-electron chi connectivity index (χ0n) is 29.6. The lowest BCUT2D eigenvalue weighted by molar-refractivity contribution is 0.266. The molecule has 0 bridgehead atoms. The van der Waals surface area contributed by atoms with E-state index in [2.05, 4.69) is 199 Å². The van der Waals surface area contributed by atoms with Crippen LogP contribution in [0.25, 0.3) is 50.1 Å². The number of benzene rings is 8. The highest BCUT2D eigenvalue weighted by molar-refractivity contribution is 7.20. The lowest BCUT2D eigenvalue weighted by Gasteiger charge is -2.35. The van der Waals surface area contributed by atoms with Gasteiger partial charge in [-0.1, -0.05) is 188 Å². The first kappa shape index (κ1) is 31.9. The number of nitrogens with zero attached hydrogens (tertiary/aromatic N) is 2. The summed E-state index contributed by atoms with van der Waals surface area (Å²) < 4.78 is 8.29. The van der Waals surface area contributed by atoms with Crippen LogP contribution in [0.3, 0.4) is 0 Å². The summed E-state index contributed by atoms with van der Waals surface area (Å²) in [5.41, 5.74) is 11.5. The van der Waals surface area contributed by atoms with Crippen molar-refractivity contribution >= 4 is 39.9 Å². The predicted molar refractivity (Wildman–Crippen MR) is 225 cm³/mol. The second-order valence-electron chi connectivity index (χ2n) is 13.9. The summed E-state index contributed by atoms with van der Waals surface area (Å²) in [4.78, 5) is 4.81. The van der Waals surface area contributed by atoms with E-state index in [4.69, 9.17) is 9.72 Å². The van der Waals surface area contributed by atoms with Gasteiger partial charge in [-0.05, 0) is 72.3 Å². The van der Waals surface area contributed by atoms with Gasteiger partial charge in [-0.3, -0.25) is 4.57 Å². The normalized spacial score (nSPS) is 12.1. The van der Waals surface area contributed by atoms with E-state index in [9.17, 15) is 0 Å². The van der Waals surface area contributed by atoms with Crippen molar-refractivity contribution in [3.05, 3.63) is 212 Å². The molecular formula is C50H36N2OSi. The summed E-state index contributed by atoms with van der Waals surface area (Å²) in [6.07, 6.45) is 0. The number of imidazole rings is 1. The van der Waals surface area contributed by atoms with Gasteiger partial charge in [-0.2, -0.15) is 4.98 Å². The summed E-state index contributed by atoms with van der Waals surface area (Å²) >= 11 is 0. The molecule has 10 rings (SSSR count). The van der Waals surface area contributed by atoms with Gasteiger partial charge in [0.05, 0.1) is 16.7 Å². The molecule has 2 heterocycles. The topological polar surface area (TPSA) is 27.1 Å². The third-order valence-electron chi connectivity index (χ3n) is 10.9. The summed E-state index contributed by atoms with van der Waals surface area (Å²) in [5.74, 6) is 0. The fourth-order valence-electron chi connectivity index (χ4n) is 8.29. The minimum atomic E-state index is -2.94. The molecule has 0 atom stereocenters. The molecule has 256 valence electrons. The second-order valence-corrected chi connectivity index (χ2v) is 17.8. The number of aromatic nitrogens is 2. The van der Waals surface area contributed by atoms with Crippen molar-refractivity contribution in [3.8, 4) is 45.1 Å². The van der Waals surface area contributed by atoms with E-state index in [1.165, 1.54) is 48.6 Å². The molecule has 0 fully saturated rings. The summed E-state index contributed by atoms with van der Waals surface area (Å²) in [6.45, 7) is 0.499. The second kappa shape index (κ2) is 13.3. The van der Waals surface area contributed by atoms with E-state index in [-0.39, 0.29) is 0 Å². The van der Waals surface area contributed by atoms with Crippen LogP contribution < -0.4 is 25.5 Å². The van der Waals surface area contributed by atoms with Crippen molar-refractivity contribution in [1.29, 1.82) is 0 Å². The lowest BCUT2D eigenvalue weighted by atomic mass is 10.0. The highest BCUT2D eigenvalue weighted by Crippen LogP contribution is 2.35. The molecule has 3 nitrogen and oxygen atoms in total. The van der Waals surface area contributed by atoms with Gasteiger partial charge < -0.3 is 4.74 Å². The molecule has 0 aliphatic carbocycles. The highest BCUT2D eigenvalue weighted by atomic mass is 28.3.